The molecule has 0 radical (unpaired) electrons. The fourth-order valence-corrected chi connectivity index (χ4v) is 2.68. The van der Waals surface area contributed by atoms with E-state index in [2.05, 4.69) is 12.2 Å². The average molecular weight is 294 g/mol. The molecule has 5 heteroatoms. The maximum atomic E-state index is 13.9. The Morgan fingerprint density at radius 1 is 1.43 bits per heavy atom. The van der Waals surface area contributed by atoms with Crippen LogP contribution in [0.25, 0.3) is 0 Å². The Balaban J connectivity index is 2.02. The van der Waals surface area contributed by atoms with Crippen LogP contribution in [0, 0.1) is 5.82 Å². The first kappa shape index (κ1) is 15.8. The van der Waals surface area contributed by atoms with Gasteiger partial charge in [-0.05, 0) is 37.9 Å². The molecule has 0 saturated carbocycles. The van der Waals surface area contributed by atoms with E-state index in [4.69, 9.17) is 4.74 Å². The summed E-state index contributed by atoms with van der Waals surface area (Å²) in [5, 5.41) is 3.47. The lowest BCUT2D eigenvalue weighted by molar-refractivity contribution is 0.0697. The van der Waals surface area contributed by atoms with E-state index in [9.17, 15) is 9.18 Å². The van der Waals surface area contributed by atoms with Crippen molar-refractivity contribution in [2.75, 3.05) is 26.7 Å². The van der Waals surface area contributed by atoms with E-state index >= 15 is 0 Å². The maximum absolute atomic E-state index is 13.9. The van der Waals surface area contributed by atoms with Crippen LogP contribution in [0.1, 0.15) is 36.5 Å². The Morgan fingerprint density at radius 3 is 2.76 bits per heavy atom. The summed E-state index contributed by atoms with van der Waals surface area (Å²) in [7, 11) is 1.45. The SMILES string of the molecule is CCCNC1CCN(C(=O)c2c(F)cccc2OC)CC1. The lowest BCUT2D eigenvalue weighted by Gasteiger charge is -2.32. The number of nitrogens with zero attached hydrogens (tertiary/aromatic N) is 1. The first-order valence-electron chi connectivity index (χ1n) is 7.52. The normalized spacial score (nSPS) is 16.0. The van der Waals surface area contributed by atoms with E-state index in [1.165, 1.54) is 13.2 Å². The number of carbonyl (C=O) groups excluding carboxylic acids is 1. The second kappa shape index (κ2) is 7.41. The molecule has 0 atom stereocenters. The average Bonchev–Trinajstić information content (AvgIpc) is 2.52. The van der Waals surface area contributed by atoms with Gasteiger partial charge in [0.2, 0.25) is 0 Å². The van der Waals surface area contributed by atoms with Crippen LogP contribution in [0.3, 0.4) is 0 Å². The van der Waals surface area contributed by atoms with Crippen molar-refractivity contribution in [3.63, 3.8) is 0 Å². The quantitative estimate of drug-likeness (QED) is 0.907. The van der Waals surface area contributed by atoms with Gasteiger partial charge in [0.1, 0.15) is 17.1 Å². The van der Waals surface area contributed by atoms with Crippen molar-refractivity contribution in [3.05, 3.63) is 29.6 Å². The molecule has 4 nitrogen and oxygen atoms in total. The van der Waals surface area contributed by atoms with Crippen molar-refractivity contribution < 1.29 is 13.9 Å². The number of benzene rings is 1. The summed E-state index contributed by atoms with van der Waals surface area (Å²) in [5.74, 6) is -0.504. The van der Waals surface area contributed by atoms with Gasteiger partial charge in [0.15, 0.2) is 0 Å². The van der Waals surface area contributed by atoms with Gasteiger partial charge in [-0.3, -0.25) is 4.79 Å². The second-order valence-corrected chi connectivity index (χ2v) is 5.34. The third-order valence-corrected chi connectivity index (χ3v) is 3.87. The number of piperidine rings is 1. The van der Waals surface area contributed by atoms with Crippen molar-refractivity contribution in [2.45, 2.75) is 32.2 Å². The number of halogens is 1. The van der Waals surface area contributed by atoms with Gasteiger partial charge in [0.25, 0.3) is 5.91 Å². The molecule has 0 aromatic heterocycles. The molecule has 2 rings (SSSR count). The van der Waals surface area contributed by atoms with Gasteiger partial charge >= 0.3 is 0 Å². The summed E-state index contributed by atoms with van der Waals surface area (Å²) in [6.07, 6.45) is 2.91. The highest BCUT2D eigenvalue weighted by Gasteiger charge is 2.27. The number of carbonyl (C=O) groups is 1. The van der Waals surface area contributed by atoms with Crippen molar-refractivity contribution >= 4 is 5.91 Å². The van der Waals surface area contributed by atoms with Crippen molar-refractivity contribution in [3.8, 4) is 5.75 Å². The highest BCUT2D eigenvalue weighted by molar-refractivity contribution is 5.97. The van der Waals surface area contributed by atoms with E-state index in [1.54, 1.807) is 17.0 Å². The van der Waals surface area contributed by atoms with Gasteiger partial charge in [-0.25, -0.2) is 4.39 Å². The molecule has 1 fully saturated rings. The minimum absolute atomic E-state index is 0.0416. The van der Waals surface area contributed by atoms with Crippen LogP contribution in [0.5, 0.6) is 5.75 Å². The Hall–Kier alpha value is -1.62. The number of methoxy groups -OCH3 is 1. The Morgan fingerprint density at radius 2 is 2.14 bits per heavy atom. The fraction of sp³-hybridized carbons (Fsp3) is 0.562. The van der Waals surface area contributed by atoms with Gasteiger partial charge in [-0.15, -0.1) is 0 Å². The molecule has 0 aliphatic carbocycles. The summed E-state index contributed by atoms with van der Waals surface area (Å²) in [5.41, 5.74) is 0.0416. The van der Waals surface area contributed by atoms with E-state index in [-0.39, 0.29) is 11.5 Å². The van der Waals surface area contributed by atoms with Crippen LogP contribution in [0.15, 0.2) is 18.2 Å². The zero-order valence-corrected chi connectivity index (χ0v) is 12.7. The Kier molecular flexibility index (Phi) is 5.56. The van der Waals surface area contributed by atoms with Crippen LogP contribution in [-0.2, 0) is 0 Å². The van der Waals surface area contributed by atoms with Gasteiger partial charge < -0.3 is 15.0 Å². The zero-order valence-electron chi connectivity index (χ0n) is 12.7. The molecule has 21 heavy (non-hydrogen) atoms. The Bertz CT molecular complexity index is 485. The highest BCUT2D eigenvalue weighted by atomic mass is 19.1. The molecule has 1 aromatic carbocycles. The highest BCUT2D eigenvalue weighted by Crippen LogP contribution is 2.24. The van der Waals surface area contributed by atoms with Crippen LogP contribution in [-0.4, -0.2) is 43.6 Å². The molecule has 116 valence electrons. The van der Waals surface area contributed by atoms with E-state index in [0.29, 0.717) is 24.9 Å². The lowest BCUT2D eigenvalue weighted by Crippen LogP contribution is -2.45. The van der Waals surface area contributed by atoms with Crippen LogP contribution in [0.2, 0.25) is 0 Å². The molecule has 0 unspecified atom stereocenters. The summed E-state index contributed by atoms with van der Waals surface area (Å²) < 4.78 is 19.1. The first-order chi connectivity index (χ1) is 10.2. The topological polar surface area (TPSA) is 41.6 Å². The van der Waals surface area contributed by atoms with Gasteiger partial charge in [-0.2, -0.15) is 0 Å². The monoisotopic (exact) mass is 294 g/mol. The minimum Gasteiger partial charge on any atom is -0.496 e. The molecule has 1 aliphatic rings. The van der Waals surface area contributed by atoms with E-state index in [0.717, 1.165) is 25.8 Å². The van der Waals surface area contributed by atoms with Crippen molar-refractivity contribution in [2.24, 2.45) is 0 Å². The third kappa shape index (κ3) is 3.73. The molecule has 1 saturated heterocycles. The number of hydrogen-bond donors (Lipinski definition) is 1. The second-order valence-electron chi connectivity index (χ2n) is 5.34. The molecule has 1 N–H and O–H groups in total. The molecule has 0 bridgehead atoms. The van der Waals surface area contributed by atoms with Crippen LogP contribution in [0.4, 0.5) is 4.39 Å². The Labute approximate surface area is 125 Å². The van der Waals surface area contributed by atoms with Crippen molar-refractivity contribution in [1.29, 1.82) is 0 Å². The van der Waals surface area contributed by atoms with Gasteiger partial charge in [0, 0.05) is 19.1 Å². The number of ether oxygens (including phenoxy) is 1. The summed E-state index contributed by atoms with van der Waals surface area (Å²) >= 11 is 0. The predicted octanol–water partition coefficient (Wildman–Crippen LogP) is 2.44. The summed E-state index contributed by atoms with van der Waals surface area (Å²) in [6, 6.07) is 4.92. The third-order valence-electron chi connectivity index (χ3n) is 3.87. The number of nitrogens with one attached hydrogen (secondary N) is 1. The fourth-order valence-electron chi connectivity index (χ4n) is 2.68. The molecule has 0 spiro atoms. The molecule has 1 heterocycles. The number of rotatable bonds is 5. The van der Waals surface area contributed by atoms with Crippen LogP contribution >= 0.6 is 0 Å². The number of amides is 1. The molecule has 1 amide bonds. The van der Waals surface area contributed by atoms with Gasteiger partial charge in [0.05, 0.1) is 7.11 Å². The summed E-state index contributed by atoms with van der Waals surface area (Å²) in [4.78, 5) is 14.2. The first-order valence-corrected chi connectivity index (χ1v) is 7.52. The van der Waals surface area contributed by atoms with Gasteiger partial charge in [-0.1, -0.05) is 13.0 Å². The summed E-state index contributed by atoms with van der Waals surface area (Å²) in [6.45, 7) is 4.44. The predicted molar refractivity (Wildman–Crippen MR) is 80.2 cm³/mol. The largest absolute Gasteiger partial charge is 0.496 e. The molecular formula is C16H23FN2O2. The van der Waals surface area contributed by atoms with Crippen LogP contribution < -0.4 is 10.1 Å². The molecule has 1 aliphatic heterocycles. The van der Waals surface area contributed by atoms with Crippen molar-refractivity contribution in [1.82, 2.24) is 10.2 Å². The van der Waals surface area contributed by atoms with E-state index in [1.807, 2.05) is 0 Å². The number of likely N-dealkylation sites (tertiary alicyclic amines) is 1. The lowest BCUT2D eigenvalue weighted by atomic mass is 10.0. The number of hydrogen-bond acceptors (Lipinski definition) is 3. The zero-order chi connectivity index (χ0) is 15.2. The minimum atomic E-state index is -0.523. The molecular weight excluding hydrogens is 271 g/mol. The molecule has 1 aromatic rings. The smallest absolute Gasteiger partial charge is 0.260 e. The standard InChI is InChI=1S/C16H23FN2O2/c1-3-9-18-12-7-10-19(11-8-12)16(20)15-13(17)5-4-6-14(15)21-2/h4-6,12,18H,3,7-11H2,1-2H3. The van der Waals surface area contributed by atoms with E-state index < -0.39 is 5.82 Å². The maximum Gasteiger partial charge on any atom is 0.260 e.